The number of carbonyl (C=O) groups excluding carboxylic acids is 1. The zero-order valence-electron chi connectivity index (χ0n) is 4.33. The number of hydrogen-bond donors (Lipinski definition) is 2. The fourth-order valence-electron chi connectivity index (χ4n) is 0.0745. The van der Waals surface area contributed by atoms with Crippen molar-refractivity contribution in [2.24, 2.45) is 5.73 Å². The minimum atomic E-state index is -1.25. The molecule has 0 aromatic carbocycles. The van der Waals surface area contributed by atoms with Gasteiger partial charge in [0.1, 0.15) is 0 Å². The third-order valence-corrected chi connectivity index (χ3v) is 0.893. The molecule has 0 bridgehead atoms. The summed E-state index contributed by atoms with van der Waals surface area (Å²) in [6.45, 7) is 0. The van der Waals surface area contributed by atoms with Crippen molar-refractivity contribution in [2.75, 3.05) is 5.75 Å². The number of carboxylic acid groups (broad SMARTS) is 1. The summed E-state index contributed by atoms with van der Waals surface area (Å²) in [5.74, 6) is -1.13. The Balaban J connectivity index is -0.000000180. The van der Waals surface area contributed by atoms with E-state index in [1.807, 2.05) is 0 Å². The summed E-state index contributed by atoms with van der Waals surface area (Å²) >= 11 is 3.61. The predicted octanol–water partition coefficient (Wildman–Crippen LogP) is -1.37. The maximum absolute atomic E-state index is 9.65. The Hall–Kier alpha value is 0.715. The van der Waals surface area contributed by atoms with Crippen LogP contribution >= 0.6 is 12.6 Å². The zero-order chi connectivity index (χ0) is 5.86. The van der Waals surface area contributed by atoms with Crippen molar-refractivity contribution in [3.8, 4) is 0 Å². The smallest absolute Gasteiger partial charge is 0.548 e. The number of nitrogens with two attached hydrogens (primary N) is 1. The molecule has 0 aromatic rings. The van der Waals surface area contributed by atoms with E-state index in [1.54, 1.807) is 0 Å². The molecule has 0 amide bonds. The second-order valence-electron chi connectivity index (χ2n) is 1.11. The maximum Gasteiger partial charge on any atom is 1.00 e. The Bertz CT molecular complexity index is 81.0. The first-order valence-corrected chi connectivity index (χ1v) is 2.39. The molecule has 0 saturated carbocycles. The van der Waals surface area contributed by atoms with Crippen molar-refractivity contribution in [1.29, 1.82) is 0 Å². The van der Waals surface area contributed by atoms with E-state index in [1.165, 1.54) is 0 Å². The maximum atomic E-state index is 9.65. The van der Waals surface area contributed by atoms with E-state index in [-0.39, 0.29) is 40.8 Å². The van der Waals surface area contributed by atoms with E-state index in [9.17, 15) is 9.90 Å². The van der Waals surface area contributed by atoms with Gasteiger partial charge in [-0.3, -0.25) is 0 Å². The minimum Gasteiger partial charge on any atom is -0.548 e. The molecule has 51 valence electrons. The molecule has 1 radical (unpaired) electrons. The minimum absolute atomic E-state index is 0. The summed E-state index contributed by atoms with van der Waals surface area (Å²) in [6, 6.07) is -0.927. The van der Waals surface area contributed by atoms with Gasteiger partial charge in [-0.15, -0.1) is 0 Å². The summed E-state index contributed by atoms with van der Waals surface area (Å²) in [5, 5.41) is 9.65. The van der Waals surface area contributed by atoms with E-state index in [4.69, 9.17) is 5.73 Å². The summed E-state index contributed by atoms with van der Waals surface area (Å²) < 4.78 is 0. The fourth-order valence-corrected chi connectivity index (χ4v) is 0.224. The first kappa shape index (κ1) is 16.4. The van der Waals surface area contributed by atoms with Crippen molar-refractivity contribution in [2.45, 2.75) is 13.5 Å². The van der Waals surface area contributed by atoms with Gasteiger partial charge >= 0.3 is 27.7 Å². The van der Waals surface area contributed by atoms with E-state index >= 15 is 0 Å². The Morgan fingerprint density at radius 1 is 1.78 bits per heavy atom. The van der Waals surface area contributed by atoms with Gasteiger partial charge in [0, 0.05) is 5.75 Å². The van der Waals surface area contributed by atoms with Crippen molar-refractivity contribution >= 4 is 18.6 Å². The molecule has 1 atom stereocenters. The summed E-state index contributed by atoms with van der Waals surface area (Å²) in [6.07, 6.45) is 0. The topological polar surface area (TPSA) is 66.2 Å². The molecule has 0 aliphatic heterocycles. The predicted molar refractivity (Wildman–Crippen MR) is 33.6 cm³/mol. The standard InChI is InChI=1S/C3H7NO2S.CH4.Hg/c4-2(1-7)3(5)6;;/h2,7H,1,4H2,(H,5,6);1H4;/q;;+1/p-1/t2-;;/m0../s1/i7+3;;. The average molecular weight is 340 g/mol. The second-order valence-corrected chi connectivity index (χ2v) is 1.47. The normalized spacial score (nSPS) is 10.4. The molecule has 0 aromatic heterocycles. The molecule has 2 N–H and O–H groups in total. The molecule has 0 aliphatic rings. The van der Waals surface area contributed by atoms with Crippen LogP contribution in [-0.4, -0.2) is 17.8 Å². The van der Waals surface area contributed by atoms with E-state index in [0.717, 1.165) is 0 Å². The molecule has 9 heavy (non-hydrogen) atoms. The molecule has 0 spiro atoms. The van der Waals surface area contributed by atoms with E-state index < -0.39 is 12.0 Å². The third-order valence-electron chi connectivity index (χ3n) is 0.499. The van der Waals surface area contributed by atoms with Gasteiger partial charge in [0.15, 0.2) is 0 Å². The largest absolute Gasteiger partial charge is 1.00 e. The van der Waals surface area contributed by atoms with Crippen LogP contribution in [0.3, 0.4) is 0 Å². The van der Waals surface area contributed by atoms with E-state index in [0.29, 0.717) is 0 Å². The van der Waals surface area contributed by atoms with Gasteiger partial charge in [-0.05, 0) is 0 Å². The Morgan fingerprint density at radius 2 is 2.11 bits per heavy atom. The summed E-state index contributed by atoms with van der Waals surface area (Å²) in [5.41, 5.74) is 4.88. The molecule has 0 saturated heterocycles. The molecule has 3 nitrogen and oxygen atoms in total. The molecule has 0 fully saturated rings. The fraction of sp³-hybridized carbons (Fsp3) is 0.750. The zero-order valence-corrected chi connectivity index (χ0v) is 10.7. The van der Waals surface area contributed by atoms with Gasteiger partial charge in [0.25, 0.3) is 0 Å². The van der Waals surface area contributed by atoms with Crippen molar-refractivity contribution < 1.29 is 37.6 Å². The number of carboxylic acids is 1. The van der Waals surface area contributed by atoms with Crippen LogP contribution in [0.2, 0.25) is 0 Å². The quantitative estimate of drug-likeness (QED) is 0.482. The van der Waals surface area contributed by atoms with Gasteiger partial charge in [-0.2, -0.15) is 12.6 Å². The molecule has 5 heteroatoms. The van der Waals surface area contributed by atoms with Crippen LogP contribution in [0.1, 0.15) is 7.43 Å². The molecule has 0 aliphatic carbocycles. The third kappa shape index (κ3) is 8.72. The van der Waals surface area contributed by atoms with Crippen molar-refractivity contribution in [3.05, 3.63) is 0 Å². The van der Waals surface area contributed by atoms with Crippen LogP contribution in [0, 0.1) is 0 Å². The Kier molecular flexibility index (Phi) is 15.8. The Morgan fingerprint density at radius 3 is 2.11 bits per heavy atom. The number of thiol groups is 1. The SMILES string of the molecule is C.N[C@@H](C[35SH])C(=O)[O-].[Hg+]. The van der Waals surface area contributed by atoms with Crippen molar-refractivity contribution in [3.63, 3.8) is 0 Å². The first-order chi connectivity index (χ1) is 3.18. The van der Waals surface area contributed by atoms with Crippen LogP contribution in [0.4, 0.5) is 0 Å². The summed E-state index contributed by atoms with van der Waals surface area (Å²) in [7, 11) is 0. The molecule has 0 unspecified atom stereocenters. The Labute approximate surface area is 80.9 Å². The van der Waals surface area contributed by atoms with Gasteiger partial charge in [-0.25, -0.2) is 0 Å². The van der Waals surface area contributed by atoms with Crippen molar-refractivity contribution in [1.82, 2.24) is 0 Å². The van der Waals surface area contributed by atoms with Gasteiger partial charge < -0.3 is 15.6 Å². The monoisotopic (exact) mass is 341 g/mol. The second kappa shape index (κ2) is 8.72. The molecular weight excluding hydrogens is 330 g/mol. The number of rotatable bonds is 2. The number of carbonyl (C=O) groups is 1. The molecule has 0 heterocycles. The van der Waals surface area contributed by atoms with Gasteiger partial charge in [0.05, 0.1) is 12.0 Å². The van der Waals surface area contributed by atoms with Crippen LogP contribution in [0.15, 0.2) is 0 Å². The van der Waals surface area contributed by atoms with Crippen LogP contribution in [0.25, 0.3) is 0 Å². The van der Waals surface area contributed by atoms with Gasteiger partial charge in [-0.1, -0.05) is 7.43 Å². The number of aliphatic carboxylic acids is 1. The van der Waals surface area contributed by atoms with Crippen LogP contribution in [0.5, 0.6) is 0 Å². The molecular formula is C4H10HgNO2S. The van der Waals surface area contributed by atoms with Crippen LogP contribution in [-0.2, 0) is 32.5 Å². The van der Waals surface area contributed by atoms with Gasteiger partial charge in [0.2, 0.25) is 0 Å². The first-order valence-electron chi connectivity index (χ1n) is 1.75. The van der Waals surface area contributed by atoms with E-state index in [2.05, 4.69) is 12.6 Å². The molecule has 0 rings (SSSR count). The average Bonchev–Trinajstić information content (AvgIpc) is 1.65. The number of hydrogen-bond acceptors (Lipinski definition) is 4. The van der Waals surface area contributed by atoms with Crippen LogP contribution < -0.4 is 10.8 Å². The summed E-state index contributed by atoms with van der Waals surface area (Å²) in [4.78, 5) is 9.65.